The maximum Gasteiger partial charge on any atom is 0.320 e. The summed E-state index contributed by atoms with van der Waals surface area (Å²) in [5.41, 5.74) is 6.17. The number of rotatable bonds is 4. The molecule has 1 aromatic rings. The Labute approximate surface area is 92.5 Å². The molecule has 0 saturated heterocycles. The van der Waals surface area contributed by atoms with Crippen molar-refractivity contribution in [1.82, 2.24) is 0 Å². The van der Waals surface area contributed by atoms with Gasteiger partial charge in [0.15, 0.2) is 0 Å². The van der Waals surface area contributed by atoms with E-state index in [1.54, 1.807) is 0 Å². The largest absolute Gasteiger partial charge is 0.508 e. The summed E-state index contributed by atoms with van der Waals surface area (Å²) in [5, 5.41) is 18.0. The third kappa shape index (κ3) is 3.20. The SMILES string of the molecule is CC(F)c1cc(O)cc(CC(N)C(=O)O)c1. The number of hydrogen-bond acceptors (Lipinski definition) is 3. The van der Waals surface area contributed by atoms with Gasteiger partial charge in [-0.25, -0.2) is 4.39 Å². The highest BCUT2D eigenvalue weighted by atomic mass is 19.1. The highest BCUT2D eigenvalue weighted by molar-refractivity contribution is 5.73. The summed E-state index contributed by atoms with van der Waals surface area (Å²) in [6, 6.07) is 3.15. The smallest absolute Gasteiger partial charge is 0.320 e. The molecule has 0 aliphatic heterocycles. The quantitative estimate of drug-likeness (QED) is 0.725. The first-order valence-electron chi connectivity index (χ1n) is 4.85. The molecule has 0 aliphatic rings. The van der Waals surface area contributed by atoms with Gasteiger partial charge in [-0.1, -0.05) is 6.07 Å². The Balaban J connectivity index is 2.92. The van der Waals surface area contributed by atoms with Crippen LogP contribution >= 0.6 is 0 Å². The van der Waals surface area contributed by atoms with E-state index in [4.69, 9.17) is 10.8 Å². The number of carboxylic acids is 1. The van der Waals surface area contributed by atoms with Crippen LogP contribution in [0.4, 0.5) is 4.39 Å². The van der Waals surface area contributed by atoms with Crippen molar-refractivity contribution in [2.45, 2.75) is 25.6 Å². The van der Waals surface area contributed by atoms with Crippen molar-refractivity contribution in [3.63, 3.8) is 0 Å². The van der Waals surface area contributed by atoms with E-state index in [0.717, 1.165) is 0 Å². The van der Waals surface area contributed by atoms with Crippen molar-refractivity contribution in [2.24, 2.45) is 5.73 Å². The zero-order valence-electron chi connectivity index (χ0n) is 8.85. The maximum atomic E-state index is 13.0. The fourth-order valence-electron chi connectivity index (χ4n) is 1.39. The molecule has 0 heterocycles. The van der Waals surface area contributed by atoms with E-state index in [9.17, 15) is 14.3 Å². The average molecular weight is 227 g/mol. The molecule has 4 nitrogen and oxygen atoms in total. The van der Waals surface area contributed by atoms with Gasteiger partial charge in [-0.2, -0.15) is 0 Å². The van der Waals surface area contributed by atoms with Crippen LogP contribution in [-0.4, -0.2) is 22.2 Å². The van der Waals surface area contributed by atoms with E-state index < -0.39 is 18.2 Å². The Kier molecular flexibility index (Phi) is 3.84. The zero-order valence-corrected chi connectivity index (χ0v) is 8.85. The Bertz CT molecular complexity index is 393. The predicted molar refractivity (Wildman–Crippen MR) is 56.9 cm³/mol. The van der Waals surface area contributed by atoms with Crippen molar-refractivity contribution in [3.05, 3.63) is 29.3 Å². The summed E-state index contributed by atoms with van der Waals surface area (Å²) in [5.74, 6) is -1.22. The van der Waals surface area contributed by atoms with Gasteiger partial charge in [0, 0.05) is 0 Å². The minimum Gasteiger partial charge on any atom is -0.508 e. The summed E-state index contributed by atoms with van der Waals surface area (Å²) >= 11 is 0. The number of halogens is 1. The van der Waals surface area contributed by atoms with E-state index in [1.807, 2.05) is 0 Å². The average Bonchev–Trinajstić information content (AvgIpc) is 2.16. The van der Waals surface area contributed by atoms with Crippen molar-refractivity contribution >= 4 is 5.97 Å². The number of phenolic OH excluding ortho intramolecular Hbond substituents is 1. The molecule has 0 bridgehead atoms. The lowest BCUT2D eigenvalue weighted by Gasteiger charge is -2.10. The Morgan fingerprint density at radius 2 is 2.12 bits per heavy atom. The number of carbonyl (C=O) groups is 1. The van der Waals surface area contributed by atoms with Gasteiger partial charge in [-0.15, -0.1) is 0 Å². The Morgan fingerprint density at radius 1 is 1.50 bits per heavy atom. The third-order valence-electron chi connectivity index (χ3n) is 2.23. The standard InChI is InChI=1S/C11H14FNO3/c1-6(12)8-2-7(3-9(14)5-8)4-10(13)11(15)16/h2-3,5-6,10,14H,4,13H2,1H3,(H,15,16). The molecule has 0 aliphatic carbocycles. The Morgan fingerprint density at radius 3 is 2.62 bits per heavy atom. The van der Waals surface area contributed by atoms with Crippen LogP contribution in [-0.2, 0) is 11.2 Å². The van der Waals surface area contributed by atoms with Gasteiger partial charge in [0.1, 0.15) is 18.0 Å². The second kappa shape index (κ2) is 4.94. The molecule has 88 valence electrons. The molecule has 4 N–H and O–H groups in total. The topological polar surface area (TPSA) is 83.5 Å². The van der Waals surface area contributed by atoms with Crippen LogP contribution in [0.5, 0.6) is 5.75 Å². The molecular formula is C11H14FNO3. The molecule has 2 unspecified atom stereocenters. The number of nitrogens with two attached hydrogens (primary N) is 1. The van der Waals surface area contributed by atoms with E-state index in [1.165, 1.54) is 25.1 Å². The molecule has 1 aromatic carbocycles. The summed E-state index contributed by atoms with van der Waals surface area (Å²) < 4.78 is 13.0. The fourth-order valence-corrected chi connectivity index (χ4v) is 1.39. The van der Waals surface area contributed by atoms with Gasteiger partial charge >= 0.3 is 5.97 Å². The van der Waals surface area contributed by atoms with E-state index in [0.29, 0.717) is 11.1 Å². The molecule has 16 heavy (non-hydrogen) atoms. The second-order valence-electron chi connectivity index (χ2n) is 3.70. The molecule has 2 atom stereocenters. The second-order valence-corrected chi connectivity index (χ2v) is 3.70. The van der Waals surface area contributed by atoms with Crippen LogP contribution in [0.3, 0.4) is 0 Å². The minimum absolute atomic E-state index is 0.0590. The van der Waals surface area contributed by atoms with Gasteiger partial charge in [0.05, 0.1) is 0 Å². The number of aromatic hydroxyl groups is 1. The molecule has 0 aromatic heterocycles. The monoisotopic (exact) mass is 227 g/mol. The molecule has 0 amide bonds. The van der Waals surface area contributed by atoms with Crippen LogP contribution in [0.2, 0.25) is 0 Å². The van der Waals surface area contributed by atoms with Crippen molar-refractivity contribution < 1.29 is 19.4 Å². The van der Waals surface area contributed by atoms with Gasteiger partial charge in [-0.05, 0) is 36.6 Å². The number of phenols is 1. The number of hydrogen-bond donors (Lipinski definition) is 3. The molecule has 5 heteroatoms. The first-order chi connectivity index (χ1) is 7.40. The number of carboxylic acid groups (broad SMARTS) is 1. The molecule has 0 radical (unpaired) electrons. The molecule has 0 saturated carbocycles. The summed E-state index contributed by atoms with van der Waals surface area (Å²) in [4.78, 5) is 10.5. The van der Waals surface area contributed by atoms with E-state index >= 15 is 0 Å². The van der Waals surface area contributed by atoms with Crippen molar-refractivity contribution in [2.75, 3.05) is 0 Å². The lowest BCUT2D eigenvalue weighted by atomic mass is 10.0. The van der Waals surface area contributed by atoms with Crippen LogP contribution in [0, 0.1) is 0 Å². The van der Waals surface area contributed by atoms with Crippen molar-refractivity contribution in [3.8, 4) is 5.75 Å². The van der Waals surface area contributed by atoms with Gasteiger partial charge in [-0.3, -0.25) is 4.79 Å². The minimum atomic E-state index is -1.22. The first-order valence-corrected chi connectivity index (χ1v) is 4.85. The maximum absolute atomic E-state index is 13.0. The van der Waals surface area contributed by atoms with Crippen LogP contribution in [0.25, 0.3) is 0 Å². The Hall–Kier alpha value is -1.62. The number of alkyl halides is 1. The third-order valence-corrected chi connectivity index (χ3v) is 2.23. The van der Waals surface area contributed by atoms with Crippen molar-refractivity contribution in [1.29, 1.82) is 0 Å². The fraction of sp³-hybridized carbons (Fsp3) is 0.364. The van der Waals surface area contributed by atoms with Crippen LogP contribution < -0.4 is 5.73 Å². The van der Waals surface area contributed by atoms with Gasteiger partial charge < -0.3 is 15.9 Å². The van der Waals surface area contributed by atoms with Gasteiger partial charge in [0.2, 0.25) is 0 Å². The highest BCUT2D eigenvalue weighted by Crippen LogP contribution is 2.23. The highest BCUT2D eigenvalue weighted by Gasteiger charge is 2.14. The van der Waals surface area contributed by atoms with E-state index in [2.05, 4.69) is 0 Å². The number of aliphatic carboxylic acids is 1. The van der Waals surface area contributed by atoms with Crippen LogP contribution in [0.1, 0.15) is 24.2 Å². The first kappa shape index (κ1) is 12.4. The van der Waals surface area contributed by atoms with Gasteiger partial charge in [0.25, 0.3) is 0 Å². The normalized spacial score (nSPS) is 14.4. The molecule has 0 fully saturated rings. The summed E-state index contributed by atoms with van der Waals surface area (Å²) in [6.45, 7) is 1.34. The lowest BCUT2D eigenvalue weighted by Crippen LogP contribution is -2.32. The molecular weight excluding hydrogens is 213 g/mol. The molecule has 1 rings (SSSR count). The summed E-state index contributed by atoms with van der Waals surface area (Å²) in [6.07, 6.45) is -1.16. The lowest BCUT2D eigenvalue weighted by molar-refractivity contribution is -0.138. The number of benzene rings is 1. The summed E-state index contributed by atoms with van der Waals surface area (Å²) in [7, 11) is 0. The zero-order chi connectivity index (χ0) is 12.3. The van der Waals surface area contributed by atoms with Crippen LogP contribution in [0.15, 0.2) is 18.2 Å². The molecule has 0 spiro atoms. The van der Waals surface area contributed by atoms with E-state index in [-0.39, 0.29) is 12.2 Å². The predicted octanol–water partition coefficient (Wildman–Crippen LogP) is 1.38.